The molecule has 2 heterocycles. The summed E-state index contributed by atoms with van der Waals surface area (Å²) in [6.45, 7) is 5.04. The number of carbonyl (C=O) groups is 1. The second kappa shape index (κ2) is 9.82. The van der Waals surface area contributed by atoms with Gasteiger partial charge in [0.25, 0.3) is 5.91 Å². The molecule has 29 heavy (non-hydrogen) atoms. The number of pyridine rings is 2. The minimum atomic E-state index is -0.176. The van der Waals surface area contributed by atoms with Crippen LogP contribution >= 0.6 is 0 Å². The number of nitrogens with zero attached hydrogens (tertiary/aromatic N) is 3. The van der Waals surface area contributed by atoms with Gasteiger partial charge >= 0.3 is 0 Å². The van der Waals surface area contributed by atoms with Crippen molar-refractivity contribution in [1.82, 2.24) is 9.97 Å². The highest BCUT2D eigenvalue weighted by atomic mass is 16.1. The molecule has 3 aromatic rings. The predicted octanol–water partition coefficient (Wildman–Crippen LogP) is 4.53. The van der Waals surface area contributed by atoms with Crippen molar-refractivity contribution in [3.63, 3.8) is 0 Å². The molecule has 150 valence electrons. The average molecular weight is 389 g/mol. The molecule has 0 aliphatic carbocycles. The van der Waals surface area contributed by atoms with Gasteiger partial charge in [-0.1, -0.05) is 32.0 Å². The topological polar surface area (TPSA) is 58.1 Å². The number of nitrogens with one attached hydrogen (secondary N) is 1. The second-order valence-electron chi connectivity index (χ2n) is 7.04. The Morgan fingerprint density at radius 2 is 1.69 bits per heavy atom. The van der Waals surface area contributed by atoms with Gasteiger partial charge < -0.3 is 10.2 Å². The zero-order chi connectivity index (χ0) is 20.6. The molecule has 0 bridgehead atoms. The Morgan fingerprint density at radius 3 is 2.34 bits per heavy atom. The Hall–Kier alpha value is -3.21. The van der Waals surface area contributed by atoms with Crippen LogP contribution in [0.25, 0.3) is 0 Å². The maximum atomic E-state index is 12.9. The number of para-hydroxylation sites is 1. The van der Waals surface area contributed by atoms with Crippen LogP contribution < -0.4 is 10.2 Å². The molecule has 1 aromatic carbocycles. The van der Waals surface area contributed by atoms with Gasteiger partial charge in [-0.2, -0.15) is 0 Å². The standard InChI is InChI=1S/C24H28N4O/c1-4-19-7-6-8-20(5-2)23(19)27-24(29)22-17-21(11-15-26-22)28(3)16-12-18-9-13-25-14-10-18/h6-11,13-15,17H,4-5,12,16H2,1-3H3,(H,27,29). The summed E-state index contributed by atoms with van der Waals surface area (Å²) in [6.07, 6.45) is 7.96. The van der Waals surface area contributed by atoms with Crippen molar-refractivity contribution in [1.29, 1.82) is 0 Å². The first kappa shape index (κ1) is 20.5. The second-order valence-corrected chi connectivity index (χ2v) is 7.04. The van der Waals surface area contributed by atoms with E-state index in [1.165, 1.54) is 5.56 Å². The summed E-state index contributed by atoms with van der Waals surface area (Å²) in [5.41, 5.74) is 5.83. The Bertz CT molecular complexity index is 934. The fourth-order valence-corrected chi connectivity index (χ4v) is 3.34. The van der Waals surface area contributed by atoms with E-state index in [-0.39, 0.29) is 5.91 Å². The highest BCUT2D eigenvalue weighted by molar-refractivity contribution is 6.04. The number of amides is 1. The predicted molar refractivity (Wildman–Crippen MR) is 119 cm³/mol. The SMILES string of the molecule is CCc1cccc(CC)c1NC(=O)c1cc(N(C)CCc2ccncc2)ccn1. The van der Waals surface area contributed by atoms with Crippen LogP contribution in [0.4, 0.5) is 11.4 Å². The van der Waals surface area contributed by atoms with E-state index in [2.05, 4.69) is 46.2 Å². The molecule has 5 nitrogen and oxygen atoms in total. The number of carbonyl (C=O) groups excluding carboxylic acids is 1. The van der Waals surface area contributed by atoms with Crippen molar-refractivity contribution in [3.05, 3.63) is 83.4 Å². The lowest BCUT2D eigenvalue weighted by Gasteiger charge is -2.20. The molecule has 0 aliphatic rings. The largest absolute Gasteiger partial charge is 0.374 e. The fourth-order valence-electron chi connectivity index (χ4n) is 3.34. The summed E-state index contributed by atoms with van der Waals surface area (Å²) >= 11 is 0. The van der Waals surface area contributed by atoms with Crippen LogP contribution in [-0.4, -0.2) is 29.5 Å². The first-order chi connectivity index (χ1) is 14.1. The van der Waals surface area contributed by atoms with Gasteiger partial charge in [0.15, 0.2) is 0 Å². The number of anilines is 2. The number of aromatic nitrogens is 2. The van der Waals surface area contributed by atoms with Gasteiger partial charge in [-0.25, -0.2) is 0 Å². The van der Waals surface area contributed by atoms with E-state index >= 15 is 0 Å². The van der Waals surface area contributed by atoms with Crippen molar-refractivity contribution >= 4 is 17.3 Å². The van der Waals surface area contributed by atoms with Crippen LogP contribution in [0.1, 0.15) is 41.0 Å². The molecular weight excluding hydrogens is 360 g/mol. The van der Waals surface area contributed by atoms with Gasteiger partial charge in [0.2, 0.25) is 0 Å². The number of hydrogen-bond acceptors (Lipinski definition) is 4. The molecule has 1 amide bonds. The number of rotatable bonds is 8. The van der Waals surface area contributed by atoms with Crippen LogP contribution in [0, 0.1) is 0 Å². The summed E-state index contributed by atoms with van der Waals surface area (Å²) in [5.74, 6) is -0.176. The summed E-state index contributed by atoms with van der Waals surface area (Å²) in [4.78, 5) is 23.4. The molecule has 0 saturated heterocycles. The van der Waals surface area contributed by atoms with Crippen LogP contribution in [0.2, 0.25) is 0 Å². The van der Waals surface area contributed by atoms with E-state index in [4.69, 9.17) is 0 Å². The van der Waals surface area contributed by atoms with Gasteiger partial charge in [0, 0.05) is 43.6 Å². The smallest absolute Gasteiger partial charge is 0.274 e. The maximum Gasteiger partial charge on any atom is 0.274 e. The Labute approximate surface area is 172 Å². The van der Waals surface area contributed by atoms with Gasteiger partial charge in [-0.15, -0.1) is 0 Å². The third-order valence-corrected chi connectivity index (χ3v) is 5.14. The lowest BCUT2D eigenvalue weighted by Crippen LogP contribution is -2.22. The third-order valence-electron chi connectivity index (χ3n) is 5.14. The molecule has 5 heteroatoms. The molecule has 0 spiro atoms. The normalized spacial score (nSPS) is 10.6. The number of likely N-dealkylation sites (N-methyl/N-ethyl adjacent to an activating group) is 1. The van der Waals surface area contributed by atoms with Gasteiger partial charge in [-0.05, 0) is 60.2 Å². The van der Waals surface area contributed by atoms with Crippen LogP contribution in [0.5, 0.6) is 0 Å². The highest BCUT2D eigenvalue weighted by Gasteiger charge is 2.14. The summed E-state index contributed by atoms with van der Waals surface area (Å²) < 4.78 is 0. The van der Waals surface area contributed by atoms with Crippen LogP contribution in [0.3, 0.4) is 0 Å². The number of aryl methyl sites for hydroxylation is 2. The van der Waals surface area contributed by atoms with E-state index in [9.17, 15) is 4.79 Å². The van der Waals surface area contributed by atoms with Gasteiger partial charge in [0.1, 0.15) is 5.69 Å². The highest BCUT2D eigenvalue weighted by Crippen LogP contribution is 2.23. The van der Waals surface area contributed by atoms with Crippen LogP contribution in [-0.2, 0) is 19.3 Å². The Balaban J connectivity index is 1.73. The molecule has 1 N–H and O–H groups in total. The fraction of sp³-hybridized carbons (Fsp3) is 0.292. The summed E-state index contributed by atoms with van der Waals surface area (Å²) in [5, 5.41) is 3.09. The Morgan fingerprint density at radius 1 is 1.00 bits per heavy atom. The number of benzene rings is 1. The van der Waals surface area contributed by atoms with Gasteiger partial charge in [0.05, 0.1) is 0 Å². The number of hydrogen-bond donors (Lipinski definition) is 1. The van der Waals surface area contributed by atoms with E-state index in [1.54, 1.807) is 6.20 Å². The molecule has 0 aliphatic heterocycles. The molecule has 0 atom stereocenters. The van der Waals surface area contributed by atoms with E-state index in [0.29, 0.717) is 5.69 Å². The molecular formula is C24H28N4O. The monoisotopic (exact) mass is 388 g/mol. The first-order valence-electron chi connectivity index (χ1n) is 10.1. The van der Waals surface area contributed by atoms with E-state index < -0.39 is 0 Å². The average Bonchev–Trinajstić information content (AvgIpc) is 2.78. The molecule has 0 unspecified atom stereocenters. The first-order valence-corrected chi connectivity index (χ1v) is 10.1. The van der Waals surface area contributed by atoms with Crippen molar-refractivity contribution < 1.29 is 4.79 Å². The zero-order valence-electron chi connectivity index (χ0n) is 17.4. The van der Waals surface area contributed by atoms with Crippen molar-refractivity contribution in [2.75, 3.05) is 23.8 Å². The Kier molecular flexibility index (Phi) is 6.95. The minimum absolute atomic E-state index is 0.176. The molecule has 2 aromatic heterocycles. The maximum absolute atomic E-state index is 12.9. The molecule has 0 saturated carbocycles. The third kappa shape index (κ3) is 5.19. The van der Waals surface area contributed by atoms with E-state index in [1.807, 2.05) is 49.8 Å². The lowest BCUT2D eigenvalue weighted by atomic mass is 10.0. The van der Waals surface area contributed by atoms with E-state index in [0.717, 1.165) is 48.3 Å². The van der Waals surface area contributed by atoms with Crippen LogP contribution in [0.15, 0.2) is 61.1 Å². The van der Waals surface area contributed by atoms with Crippen molar-refractivity contribution in [3.8, 4) is 0 Å². The summed E-state index contributed by atoms with van der Waals surface area (Å²) in [7, 11) is 2.03. The molecule has 0 radical (unpaired) electrons. The quantitative estimate of drug-likeness (QED) is 0.616. The van der Waals surface area contributed by atoms with Crippen molar-refractivity contribution in [2.24, 2.45) is 0 Å². The minimum Gasteiger partial charge on any atom is -0.374 e. The van der Waals surface area contributed by atoms with Crippen molar-refractivity contribution in [2.45, 2.75) is 33.1 Å². The zero-order valence-corrected chi connectivity index (χ0v) is 17.4. The molecule has 0 fully saturated rings. The van der Waals surface area contributed by atoms with Gasteiger partial charge in [-0.3, -0.25) is 14.8 Å². The molecule has 3 rings (SSSR count). The summed E-state index contributed by atoms with van der Waals surface area (Å²) in [6, 6.07) is 14.0. The lowest BCUT2D eigenvalue weighted by molar-refractivity contribution is 0.102.